The van der Waals surface area contributed by atoms with Gasteiger partial charge in [-0.15, -0.1) is 0 Å². The Morgan fingerprint density at radius 1 is 1.56 bits per heavy atom. The van der Waals surface area contributed by atoms with Crippen LogP contribution in [0.25, 0.3) is 0 Å². The summed E-state index contributed by atoms with van der Waals surface area (Å²) in [7, 11) is 0. The average molecular weight is 254 g/mol. The minimum Gasteiger partial charge on any atom is -0.459 e. The fraction of sp³-hybridized carbons (Fsp3) is 0.273. The number of nitrogens with two attached hydrogens (primary N) is 1. The molecular formula is C11H8F2N2O3. The molecule has 1 atom stereocenters. The Labute approximate surface area is 101 Å². The van der Waals surface area contributed by atoms with Crippen LogP contribution in [0.3, 0.4) is 0 Å². The normalized spacial score (nSPS) is 26.9. The maximum absolute atomic E-state index is 14.0. The minimum absolute atomic E-state index is 0.464. The molecule has 1 unspecified atom stereocenters. The SMILES string of the molecule is N#CC(C(N)=O)=C1OCOC2=CC=CC1C2(F)F. The second-order valence-corrected chi connectivity index (χ2v) is 3.64. The summed E-state index contributed by atoms with van der Waals surface area (Å²) in [5, 5.41) is 8.79. The summed E-state index contributed by atoms with van der Waals surface area (Å²) in [5.74, 6) is -7.09. The van der Waals surface area contributed by atoms with Gasteiger partial charge in [0.25, 0.3) is 5.91 Å². The summed E-state index contributed by atoms with van der Waals surface area (Å²) >= 11 is 0. The lowest BCUT2D eigenvalue weighted by Gasteiger charge is -2.25. The quantitative estimate of drug-likeness (QED) is 0.557. The van der Waals surface area contributed by atoms with E-state index in [0.29, 0.717) is 0 Å². The number of fused-ring (bicyclic) bond motifs is 2. The van der Waals surface area contributed by atoms with E-state index in [2.05, 4.69) is 0 Å². The van der Waals surface area contributed by atoms with Crippen LogP contribution in [-0.2, 0) is 14.3 Å². The van der Waals surface area contributed by atoms with E-state index in [4.69, 9.17) is 20.5 Å². The van der Waals surface area contributed by atoms with Gasteiger partial charge in [0.2, 0.25) is 6.79 Å². The van der Waals surface area contributed by atoms with Crippen molar-refractivity contribution in [2.45, 2.75) is 5.92 Å². The third-order valence-electron chi connectivity index (χ3n) is 2.59. The maximum Gasteiger partial charge on any atom is 0.317 e. The molecule has 1 saturated heterocycles. The van der Waals surface area contributed by atoms with Crippen molar-refractivity contribution >= 4 is 5.91 Å². The van der Waals surface area contributed by atoms with Gasteiger partial charge in [0.1, 0.15) is 17.7 Å². The topological polar surface area (TPSA) is 85.3 Å². The van der Waals surface area contributed by atoms with E-state index < -0.39 is 41.6 Å². The monoisotopic (exact) mass is 254 g/mol. The standard InChI is InChI=1S/C11H8F2N2O3/c12-11(13)7-2-1-3-8(11)17-5-18-9(7)6(4-14)10(15)16/h1-3,7H,5H2,(H2,15,16). The van der Waals surface area contributed by atoms with Crippen molar-refractivity contribution in [2.24, 2.45) is 11.7 Å². The van der Waals surface area contributed by atoms with Crippen molar-refractivity contribution in [1.82, 2.24) is 0 Å². The first-order valence-electron chi connectivity index (χ1n) is 4.95. The molecule has 2 bridgehead atoms. The van der Waals surface area contributed by atoms with Crippen LogP contribution in [0.2, 0.25) is 0 Å². The molecule has 18 heavy (non-hydrogen) atoms. The van der Waals surface area contributed by atoms with E-state index in [1.54, 1.807) is 0 Å². The molecular weight excluding hydrogens is 246 g/mol. The fourth-order valence-corrected chi connectivity index (χ4v) is 1.74. The molecule has 0 aromatic carbocycles. The third kappa shape index (κ3) is 1.72. The molecule has 7 heteroatoms. The summed E-state index contributed by atoms with van der Waals surface area (Å²) in [5.41, 5.74) is 4.33. The third-order valence-corrected chi connectivity index (χ3v) is 2.59. The maximum atomic E-state index is 14.0. The van der Waals surface area contributed by atoms with Gasteiger partial charge in [0, 0.05) is 0 Å². The predicted octanol–water partition coefficient (Wildman–Crippen LogP) is 0.959. The van der Waals surface area contributed by atoms with E-state index in [1.165, 1.54) is 12.1 Å². The van der Waals surface area contributed by atoms with Gasteiger partial charge in [-0.1, -0.05) is 12.2 Å². The van der Waals surface area contributed by atoms with Gasteiger partial charge >= 0.3 is 5.92 Å². The number of allylic oxidation sites excluding steroid dienone is 4. The van der Waals surface area contributed by atoms with Crippen LogP contribution < -0.4 is 5.73 Å². The van der Waals surface area contributed by atoms with Gasteiger partial charge in [-0.3, -0.25) is 4.79 Å². The Morgan fingerprint density at radius 2 is 2.28 bits per heavy atom. The van der Waals surface area contributed by atoms with E-state index in [1.807, 2.05) is 0 Å². The Kier molecular flexibility index (Phi) is 2.79. The Morgan fingerprint density at radius 3 is 2.89 bits per heavy atom. The highest BCUT2D eigenvalue weighted by Gasteiger charge is 2.50. The number of nitrogens with zero attached hydrogens (tertiary/aromatic N) is 1. The van der Waals surface area contributed by atoms with Gasteiger partial charge < -0.3 is 15.2 Å². The zero-order valence-electron chi connectivity index (χ0n) is 9.02. The smallest absolute Gasteiger partial charge is 0.317 e. The van der Waals surface area contributed by atoms with E-state index in [-0.39, 0.29) is 0 Å². The minimum atomic E-state index is -3.38. The summed E-state index contributed by atoms with van der Waals surface area (Å²) < 4.78 is 37.6. The number of alkyl halides is 2. The lowest BCUT2D eigenvalue weighted by Crippen LogP contribution is -2.33. The van der Waals surface area contributed by atoms with Crippen LogP contribution in [0, 0.1) is 17.2 Å². The molecule has 0 spiro atoms. The molecule has 2 rings (SSSR count). The molecule has 0 aromatic rings. The number of ether oxygens (including phenoxy) is 2. The van der Waals surface area contributed by atoms with Crippen LogP contribution in [0.5, 0.6) is 0 Å². The number of nitriles is 1. The number of carbonyl (C=O) groups excluding carboxylic acids is 1. The van der Waals surface area contributed by atoms with Crippen molar-refractivity contribution in [2.75, 3.05) is 6.79 Å². The first-order chi connectivity index (χ1) is 8.48. The van der Waals surface area contributed by atoms with Gasteiger partial charge in [-0.05, 0) is 6.08 Å². The van der Waals surface area contributed by atoms with Crippen molar-refractivity contribution < 1.29 is 23.0 Å². The Bertz CT molecular complexity index is 529. The first kappa shape index (κ1) is 12.1. The molecule has 1 fully saturated rings. The summed E-state index contributed by atoms with van der Waals surface area (Å²) in [6.07, 6.45) is 3.59. The highest BCUT2D eigenvalue weighted by molar-refractivity contribution is 5.96. The molecule has 2 aliphatic rings. The van der Waals surface area contributed by atoms with E-state index >= 15 is 0 Å². The first-order valence-corrected chi connectivity index (χ1v) is 4.95. The molecule has 1 aliphatic heterocycles. The predicted molar refractivity (Wildman–Crippen MR) is 54.5 cm³/mol. The highest BCUT2D eigenvalue weighted by atomic mass is 19.3. The zero-order valence-corrected chi connectivity index (χ0v) is 9.02. The molecule has 5 nitrogen and oxygen atoms in total. The van der Waals surface area contributed by atoms with E-state index in [9.17, 15) is 13.6 Å². The van der Waals surface area contributed by atoms with Gasteiger partial charge in [-0.25, -0.2) is 0 Å². The molecule has 0 saturated carbocycles. The second-order valence-electron chi connectivity index (χ2n) is 3.64. The largest absolute Gasteiger partial charge is 0.459 e. The van der Waals surface area contributed by atoms with Crippen LogP contribution in [0.4, 0.5) is 8.78 Å². The number of amides is 1. The number of hydrogen-bond acceptors (Lipinski definition) is 4. The van der Waals surface area contributed by atoms with Crippen LogP contribution in [-0.4, -0.2) is 18.6 Å². The van der Waals surface area contributed by atoms with Gasteiger partial charge in [0.15, 0.2) is 11.3 Å². The Hall–Kier alpha value is -2.36. The van der Waals surface area contributed by atoms with Crippen molar-refractivity contribution in [3.8, 4) is 6.07 Å². The average Bonchev–Trinajstić information content (AvgIpc) is 2.38. The Balaban J connectivity index is 2.59. The molecule has 0 radical (unpaired) electrons. The van der Waals surface area contributed by atoms with Gasteiger partial charge in [-0.2, -0.15) is 14.0 Å². The lowest BCUT2D eigenvalue weighted by molar-refractivity contribution is -0.114. The van der Waals surface area contributed by atoms with Crippen molar-refractivity contribution in [3.05, 3.63) is 35.3 Å². The van der Waals surface area contributed by atoms with E-state index in [0.717, 1.165) is 12.2 Å². The van der Waals surface area contributed by atoms with Crippen LogP contribution in [0.1, 0.15) is 0 Å². The number of hydrogen-bond donors (Lipinski definition) is 1. The molecule has 1 amide bonds. The second kappa shape index (κ2) is 4.14. The summed E-state index contributed by atoms with van der Waals surface area (Å²) in [6.45, 7) is -0.507. The molecule has 94 valence electrons. The lowest BCUT2D eigenvalue weighted by atomic mass is 9.91. The van der Waals surface area contributed by atoms with Crippen LogP contribution >= 0.6 is 0 Å². The number of rotatable bonds is 1. The van der Waals surface area contributed by atoms with Crippen LogP contribution in [0.15, 0.2) is 35.3 Å². The zero-order chi connectivity index (χ0) is 13.3. The number of carbonyl (C=O) groups is 1. The molecule has 2 N–H and O–H groups in total. The summed E-state index contributed by atoms with van der Waals surface area (Å²) in [4.78, 5) is 11.1. The molecule has 1 heterocycles. The van der Waals surface area contributed by atoms with Crippen molar-refractivity contribution in [1.29, 1.82) is 5.26 Å². The number of halogens is 2. The van der Waals surface area contributed by atoms with Crippen molar-refractivity contribution in [3.63, 3.8) is 0 Å². The molecule has 0 aromatic heterocycles. The summed E-state index contributed by atoms with van der Waals surface area (Å²) in [6, 6.07) is 1.48. The highest BCUT2D eigenvalue weighted by Crippen LogP contribution is 2.44. The van der Waals surface area contributed by atoms with Gasteiger partial charge in [0.05, 0.1) is 0 Å². The molecule has 1 aliphatic carbocycles. The fourth-order valence-electron chi connectivity index (χ4n) is 1.74. The number of primary amides is 1.